The van der Waals surface area contributed by atoms with E-state index in [1.54, 1.807) is 0 Å². The molecule has 10 rings (SSSR count). The Labute approximate surface area is 312 Å². The Morgan fingerprint density at radius 1 is 0.389 bits per heavy atom. The van der Waals surface area contributed by atoms with E-state index in [0.29, 0.717) is 17.5 Å². The molecule has 7 aromatic carbocycles. The van der Waals surface area contributed by atoms with Crippen molar-refractivity contribution in [3.05, 3.63) is 194 Å². The number of pyridine rings is 1. The van der Waals surface area contributed by atoms with Crippen molar-refractivity contribution in [2.45, 2.75) is 0 Å². The summed E-state index contributed by atoms with van der Waals surface area (Å²) in [4.78, 5) is 21.6. The molecule has 0 bridgehead atoms. The fraction of sp³-hybridized carbons (Fsp3) is 0. The van der Waals surface area contributed by atoms with Crippen LogP contribution in [0.4, 0.5) is 17.1 Å². The first kappa shape index (κ1) is 31.3. The van der Waals surface area contributed by atoms with E-state index >= 15 is 0 Å². The van der Waals surface area contributed by atoms with Crippen molar-refractivity contribution < 1.29 is 0 Å². The zero-order chi connectivity index (χ0) is 35.8. The number of rotatable bonds is 7. The number of benzene rings is 7. The summed E-state index contributed by atoms with van der Waals surface area (Å²) in [5.41, 5.74) is 9.25. The van der Waals surface area contributed by atoms with E-state index in [1.807, 2.05) is 91.3 Å². The van der Waals surface area contributed by atoms with Gasteiger partial charge < -0.3 is 9.47 Å². The molecule has 0 unspecified atom stereocenters. The molecule has 0 aliphatic carbocycles. The Morgan fingerprint density at radius 2 is 0.981 bits per heavy atom. The molecular weight excluding hydrogens is 661 g/mol. The van der Waals surface area contributed by atoms with Crippen molar-refractivity contribution in [3.63, 3.8) is 0 Å². The van der Waals surface area contributed by atoms with Crippen LogP contribution in [0.1, 0.15) is 0 Å². The van der Waals surface area contributed by atoms with Crippen LogP contribution in [0.15, 0.2) is 194 Å². The number of fused-ring (bicyclic) bond motifs is 5. The second-order valence-electron chi connectivity index (χ2n) is 13.2. The average molecular weight is 693 g/mol. The second kappa shape index (κ2) is 13.3. The van der Waals surface area contributed by atoms with Crippen molar-refractivity contribution in [2.24, 2.45) is 0 Å². The summed E-state index contributed by atoms with van der Waals surface area (Å²) in [6.45, 7) is 0. The van der Waals surface area contributed by atoms with Crippen LogP contribution >= 0.6 is 0 Å². The van der Waals surface area contributed by atoms with Gasteiger partial charge in [-0.15, -0.1) is 0 Å². The molecule has 3 heterocycles. The SMILES string of the molecule is c1ccc(-c2nc(-c3ccccc3)nc(-c3cccc(-n4c5ccc(N(c6ccccc6)c6ccncc6)cc5c5ccc6ccccc6c54)c3)n2)cc1. The standard InChI is InChI=1S/C48H32N6/c1-4-14-34(15-5-1)46-50-47(35-16-6-2-7-17-35)52-48(51-46)36-18-12-21-39(31-36)54-44-26-24-40(53(37-19-8-3-9-20-37)38-27-29-49-30-28-38)32-43(44)42-25-23-33-13-10-11-22-41(33)45(42)54/h1-32H. The van der Waals surface area contributed by atoms with Crippen molar-refractivity contribution in [2.75, 3.05) is 4.90 Å². The van der Waals surface area contributed by atoms with Gasteiger partial charge in [0, 0.05) is 68.0 Å². The van der Waals surface area contributed by atoms with Crippen molar-refractivity contribution in [1.82, 2.24) is 24.5 Å². The highest BCUT2D eigenvalue weighted by atomic mass is 15.1. The predicted octanol–water partition coefficient (Wildman–Crippen LogP) is 12.0. The highest BCUT2D eigenvalue weighted by Crippen LogP contribution is 2.41. The molecule has 254 valence electrons. The van der Waals surface area contributed by atoms with Gasteiger partial charge in [0.2, 0.25) is 0 Å². The summed E-state index contributed by atoms with van der Waals surface area (Å²) in [6.07, 6.45) is 3.68. The van der Waals surface area contributed by atoms with Crippen molar-refractivity contribution in [1.29, 1.82) is 0 Å². The van der Waals surface area contributed by atoms with Crippen LogP contribution in [0.25, 0.3) is 72.4 Å². The molecule has 3 aromatic heterocycles. The lowest BCUT2D eigenvalue weighted by Gasteiger charge is -2.25. The molecule has 0 saturated heterocycles. The van der Waals surface area contributed by atoms with E-state index in [1.165, 1.54) is 16.2 Å². The average Bonchev–Trinajstić information content (AvgIpc) is 3.59. The lowest BCUT2D eigenvalue weighted by molar-refractivity contribution is 1.07. The van der Waals surface area contributed by atoms with Gasteiger partial charge in [-0.2, -0.15) is 0 Å². The van der Waals surface area contributed by atoms with Gasteiger partial charge >= 0.3 is 0 Å². The van der Waals surface area contributed by atoms with E-state index in [0.717, 1.165) is 55.9 Å². The fourth-order valence-corrected chi connectivity index (χ4v) is 7.42. The van der Waals surface area contributed by atoms with E-state index < -0.39 is 0 Å². The Balaban J connectivity index is 1.19. The molecule has 0 saturated carbocycles. The van der Waals surface area contributed by atoms with Crippen LogP contribution in [0.5, 0.6) is 0 Å². The number of hydrogen-bond donors (Lipinski definition) is 0. The van der Waals surface area contributed by atoms with Gasteiger partial charge in [-0.05, 0) is 60.0 Å². The van der Waals surface area contributed by atoms with Crippen LogP contribution in [0.3, 0.4) is 0 Å². The predicted molar refractivity (Wildman–Crippen MR) is 220 cm³/mol. The minimum atomic E-state index is 0.619. The topological polar surface area (TPSA) is 59.7 Å². The molecule has 0 fully saturated rings. The first-order valence-electron chi connectivity index (χ1n) is 18.0. The Kier molecular flexibility index (Phi) is 7.69. The smallest absolute Gasteiger partial charge is 0.164 e. The maximum atomic E-state index is 5.04. The van der Waals surface area contributed by atoms with Gasteiger partial charge in [-0.1, -0.05) is 127 Å². The minimum absolute atomic E-state index is 0.619. The molecule has 0 aliphatic rings. The largest absolute Gasteiger partial charge is 0.310 e. The molecule has 0 radical (unpaired) electrons. The third-order valence-corrected chi connectivity index (χ3v) is 9.89. The number of aromatic nitrogens is 5. The van der Waals surface area contributed by atoms with E-state index in [2.05, 4.69) is 118 Å². The first-order chi connectivity index (χ1) is 26.8. The van der Waals surface area contributed by atoms with E-state index in [-0.39, 0.29) is 0 Å². The molecule has 6 nitrogen and oxygen atoms in total. The van der Waals surface area contributed by atoms with Gasteiger partial charge in [0.05, 0.1) is 11.0 Å². The molecule has 0 amide bonds. The normalized spacial score (nSPS) is 11.3. The third kappa shape index (κ3) is 5.54. The Morgan fingerprint density at radius 3 is 1.69 bits per heavy atom. The number of para-hydroxylation sites is 1. The summed E-state index contributed by atoms with van der Waals surface area (Å²) in [5, 5.41) is 4.71. The summed E-state index contributed by atoms with van der Waals surface area (Å²) >= 11 is 0. The number of nitrogens with zero attached hydrogens (tertiary/aromatic N) is 6. The van der Waals surface area contributed by atoms with Crippen LogP contribution < -0.4 is 4.90 Å². The van der Waals surface area contributed by atoms with Gasteiger partial charge in [0.25, 0.3) is 0 Å². The first-order valence-corrected chi connectivity index (χ1v) is 18.0. The summed E-state index contributed by atoms with van der Waals surface area (Å²) in [6, 6.07) is 63.2. The zero-order valence-electron chi connectivity index (χ0n) is 29.2. The molecule has 54 heavy (non-hydrogen) atoms. The van der Waals surface area contributed by atoms with Crippen LogP contribution in [0, 0.1) is 0 Å². The minimum Gasteiger partial charge on any atom is -0.310 e. The maximum absolute atomic E-state index is 5.04. The van der Waals surface area contributed by atoms with Gasteiger partial charge in [-0.3, -0.25) is 4.98 Å². The monoisotopic (exact) mass is 692 g/mol. The highest BCUT2D eigenvalue weighted by Gasteiger charge is 2.20. The Hall–Kier alpha value is -7.44. The summed E-state index contributed by atoms with van der Waals surface area (Å²) in [5.74, 6) is 1.89. The van der Waals surface area contributed by atoms with Gasteiger partial charge in [0.1, 0.15) is 0 Å². The van der Waals surface area contributed by atoms with Crippen LogP contribution in [0.2, 0.25) is 0 Å². The molecule has 0 atom stereocenters. The van der Waals surface area contributed by atoms with Crippen molar-refractivity contribution in [3.8, 4) is 39.9 Å². The van der Waals surface area contributed by atoms with Gasteiger partial charge in [-0.25, -0.2) is 15.0 Å². The van der Waals surface area contributed by atoms with Crippen molar-refractivity contribution >= 4 is 49.6 Å². The van der Waals surface area contributed by atoms with Gasteiger partial charge in [0.15, 0.2) is 17.5 Å². The highest BCUT2D eigenvalue weighted by molar-refractivity contribution is 6.19. The van der Waals surface area contributed by atoms with Crippen LogP contribution in [-0.4, -0.2) is 24.5 Å². The summed E-state index contributed by atoms with van der Waals surface area (Å²) < 4.78 is 2.39. The molecule has 0 aliphatic heterocycles. The number of hydrogen-bond acceptors (Lipinski definition) is 5. The molecule has 0 N–H and O–H groups in total. The zero-order valence-corrected chi connectivity index (χ0v) is 29.2. The quantitative estimate of drug-likeness (QED) is 0.166. The van der Waals surface area contributed by atoms with E-state index in [9.17, 15) is 0 Å². The second-order valence-corrected chi connectivity index (χ2v) is 13.2. The van der Waals surface area contributed by atoms with E-state index in [4.69, 9.17) is 15.0 Å². The molecule has 0 spiro atoms. The number of anilines is 3. The third-order valence-electron chi connectivity index (χ3n) is 9.89. The molecular formula is C48H32N6. The summed E-state index contributed by atoms with van der Waals surface area (Å²) in [7, 11) is 0. The maximum Gasteiger partial charge on any atom is 0.164 e. The molecule has 10 aromatic rings. The van der Waals surface area contributed by atoms with Crippen LogP contribution in [-0.2, 0) is 0 Å². The lowest BCUT2D eigenvalue weighted by atomic mass is 10.1. The fourth-order valence-electron chi connectivity index (χ4n) is 7.42. The Bertz CT molecular complexity index is 2830. The lowest BCUT2D eigenvalue weighted by Crippen LogP contribution is -2.09. The molecule has 6 heteroatoms.